The largest absolute Gasteiger partial charge is 0.489 e. The van der Waals surface area contributed by atoms with Gasteiger partial charge in [-0.25, -0.2) is 28.7 Å². The highest BCUT2D eigenvalue weighted by Gasteiger charge is 2.35. The van der Waals surface area contributed by atoms with Gasteiger partial charge in [0.1, 0.15) is 39.2 Å². The number of likely N-dealkylation sites (tertiary alicyclic amines) is 1. The number of nitrogens with zero attached hydrogens (tertiary/aromatic N) is 4. The number of carboxylic acids is 1. The van der Waals surface area contributed by atoms with Gasteiger partial charge in [-0.2, -0.15) is 0 Å². The average Bonchev–Trinajstić information content (AvgIpc) is 3.38. The van der Waals surface area contributed by atoms with Gasteiger partial charge in [0.25, 0.3) is 17.7 Å². The highest BCUT2D eigenvalue weighted by Crippen LogP contribution is 2.30. The van der Waals surface area contributed by atoms with Crippen LogP contribution in [0.15, 0.2) is 35.6 Å². The molecule has 2 aromatic heterocycles. The number of fused-ring (bicyclic) bond motifs is 1. The molecule has 19 heteroatoms. The first kappa shape index (κ1) is 43.5. The molecule has 304 valence electrons. The van der Waals surface area contributed by atoms with Crippen LogP contribution >= 0.6 is 22.9 Å². The van der Waals surface area contributed by atoms with Crippen LogP contribution in [0.25, 0.3) is 10.8 Å². The molecule has 1 fully saturated rings. The van der Waals surface area contributed by atoms with Gasteiger partial charge in [-0.05, 0) is 92.0 Å². The summed E-state index contributed by atoms with van der Waals surface area (Å²) < 4.78 is 23.8. The first-order chi connectivity index (χ1) is 25.9. The lowest BCUT2D eigenvalue weighted by Gasteiger charge is -2.38. The smallest absolute Gasteiger partial charge is 0.413 e. The van der Waals surface area contributed by atoms with Crippen molar-refractivity contribution >= 4 is 80.3 Å². The maximum atomic E-state index is 13.3. The summed E-state index contributed by atoms with van der Waals surface area (Å²) in [6.45, 7) is 16.7. The predicted molar refractivity (Wildman–Crippen MR) is 207 cm³/mol. The first-order valence-corrected chi connectivity index (χ1v) is 18.8. The van der Waals surface area contributed by atoms with Crippen LogP contribution in [0.1, 0.15) is 68.0 Å². The second kappa shape index (κ2) is 17.3. The highest BCUT2D eigenvalue weighted by molar-refractivity contribution is 7.20. The van der Waals surface area contributed by atoms with Gasteiger partial charge in [-0.15, -0.1) is 0 Å². The van der Waals surface area contributed by atoms with Gasteiger partial charge >= 0.3 is 24.1 Å². The predicted octanol–water partition coefficient (Wildman–Crippen LogP) is 5.56. The number of Topliss-reactive ketones (excluding diaryl/α,β-unsaturated/α-hetero) is 1. The number of anilines is 2. The number of ketones is 1. The molecule has 0 bridgehead atoms. The number of esters is 1. The molecule has 3 heterocycles. The molecular weight excluding hydrogens is 772 g/mol. The van der Waals surface area contributed by atoms with Gasteiger partial charge < -0.3 is 33.8 Å². The summed E-state index contributed by atoms with van der Waals surface area (Å²) in [5.41, 5.74) is -3.61. The molecule has 17 nitrogen and oxygen atoms in total. The Labute approximate surface area is 333 Å². The van der Waals surface area contributed by atoms with E-state index in [0.29, 0.717) is 36.7 Å². The minimum Gasteiger partial charge on any atom is -0.489 e. The number of benzene rings is 1. The van der Waals surface area contributed by atoms with Crippen molar-refractivity contribution in [1.29, 1.82) is 0 Å². The number of carboxylic acid groups (broad SMARTS) is 1. The number of ether oxygens (including phenoxy) is 4. The Bertz CT molecular complexity index is 2010. The molecule has 1 saturated heterocycles. The maximum Gasteiger partial charge on any atom is 0.413 e. The molecule has 1 aromatic carbocycles. The van der Waals surface area contributed by atoms with Gasteiger partial charge in [-0.1, -0.05) is 28.1 Å². The second-order valence-corrected chi connectivity index (χ2v) is 17.5. The zero-order valence-corrected chi connectivity index (χ0v) is 34.5. The molecule has 0 spiro atoms. The fraction of sp³-hybridized carbons (Fsp3) is 0.514. The molecule has 3 aromatic rings. The number of oxime groups is 1. The van der Waals surface area contributed by atoms with E-state index in [1.54, 1.807) is 58.6 Å². The van der Waals surface area contributed by atoms with Crippen LogP contribution in [0.2, 0.25) is 4.34 Å². The van der Waals surface area contributed by atoms with E-state index >= 15 is 0 Å². The number of thiazole rings is 1. The zero-order valence-electron chi connectivity index (χ0n) is 33.0. The van der Waals surface area contributed by atoms with Crippen LogP contribution in [0.3, 0.4) is 0 Å². The Morgan fingerprint density at radius 3 is 2.25 bits per heavy atom. The van der Waals surface area contributed by atoms with Gasteiger partial charge in [0.15, 0.2) is 10.8 Å². The lowest BCUT2D eigenvalue weighted by Crippen LogP contribution is -2.54. The third-order valence-corrected chi connectivity index (χ3v) is 8.61. The molecule has 3 N–H and O–H groups in total. The summed E-state index contributed by atoms with van der Waals surface area (Å²) in [6.07, 6.45) is -0.910. The number of aromatic nitrogens is 2. The Morgan fingerprint density at radius 2 is 1.64 bits per heavy atom. The van der Waals surface area contributed by atoms with Crippen molar-refractivity contribution in [1.82, 2.24) is 9.88 Å². The number of aliphatic carboxylic acids is 1. The molecule has 0 radical (unpaired) electrons. The maximum absolute atomic E-state index is 13.3. The minimum atomic E-state index is -1.91. The number of pyridine rings is 1. The molecule has 56 heavy (non-hydrogen) atoms. The van der Waals surface area contributed by atoms with Crippen molar-refractivity contribution in [3.05, 3.63) is 40.5 Å². The van der Waals surface area contributed by atoms with Crippen LogP contribution in [-0.2, 0) is 40.5 Å². The molecule has 1 aliphatic rings. The van der Waals surface area contributed by atoms with E-state index in [-0.39, 0.29) is 21.5 Å². The number of halogens is 1. The summed E-state index contributed by atoms with van der Waals surface area (Å²) in [6, 6.07) is 7.20. The van der Waals surface area contributed by atoms with Crippen molar-refractivity contribution in [2.75, 3.05) is 36.9 Å². The van der Waals surface area contributed by atoms with Crippen molar-refractivity contribution in [2.45, 2.75) is 85.2 Å². The van der Waals surface area contributed by atoms with Gasteiger partial charge in [-0.3, -0.25) is 15.4 Å². The lowest BCUT2D eigenvalue weighted by molar-refractivity contribution is -0.656. The first-order valence-electron chi connectivity index (χ1n) is 17.6. The third kappa shape index (κ3) is 12.4. The normalized spacial score (nSPS) is 14.3. The van der Waals surface area contributed by atoms with Gasteiger partial charge in [0.2, 0.25) is 0 Å². The number of carbonyl (C=O) groups is 5. The number of aryl methyl sites for hydroxylation is 1. The van der Waals surface area contributed by atoms with E-state index in [1.807, 2.05) is 50.7 Å². The summed E-state index contributed by atoms with van der Waals surface area (Å²) in [4.78, 5) is 73.6. The van der Waals surface area contributed by atoms with E-state index in [0.717, 1.165) is 16.6 Å². The quantitative estimate of drug-likeness (QED) is 0.0483. The zero-order chi connectivity index (χ0) is 41.7. The lowest BCUT2D eigenvalue weighted by atomic mass is 10.0. The van der Waals surface area contributed by atoms with Crippen LogP contribution in [0.5, 0.6) is 5.75 Å². The Hall–Kier alpha value is -5.23. The number of amides is 2. The number of hydrogen-bond donors (Lipinski definition) is 3. The highest BCUT2D eigenvalue weighted by atomic mass is 35.5. The molecule has 2 amide bonds. The molecule has 0 unspecified atom stereocenters. The number of nitrogens with one attached hydrogen (secondary N) is 2. The molecule has 1 atom stereocenters. The van der Waals surface area contributed by atoms with Crippen molar-refractivity contribution in [3.8, 4) is 5.75 Å². The number of carbonyl (C=O) groups excluding carboxylic acids is 4. The van der Waals surface area contributed by atoms with E-state index in [4.69, 9.17) is 35.4 Å². The standard InChI is InChI=1S/C37H47ClN6O11S/c1-35(2,3)52-31(48)24(55-42-25(27(45)30(46)47)26-28(38)56-32(40-26)41-33(49)53-36(4,5)6)19-51-22-11-12-23-21(15-22)13-14-43(10)29(23)39-16-20-17-44(18-20)34(50)54-37(7,8)9/h11-15,20,24H,16-19H2,1-10H3,(H2,40,41,46,47,49)/p+1/b42-25-/t24-/m0/s1. The SMILES string of the molecule is C[n+]1ccc2cc(OC[C@H](O/N=C(\C(=O)C(=O)O)c3nc(NC(=O)OC(C)(C)C)sc3Cl)C(=O)OC(C)(C)C)ccc2c1NCC1CN(C(=O)OC(C)(C)C)C1. The Balaban J connectivity index is 1.51. The Kier molecular flexibility index (Phi) is 13.4. The third-order valence-electron chi connectivity index (χ3n) is 7.45. The van der Waals surface area contributed by atoms with Gasteiger partial charge in [0, 0.05) is 19.0 Å². The van der Waals surface area contributed by atoms with E-state index in [2.05, 4.69) is 20.8 Å². The molecule has 0 saturated carbocycles. The van der Waals surface area contributed by atoms with Crippen LogP contribution < -0.4 is 19.9 Å². The monoisotopic (exact) mass is 819 g/mol. The Morgan fingerprint density at radius 1 is 1.00 bits per heavy atom. The summed E-state index contributed by atoms with van der Waals surface area (Å²) in [5.74, 6) is -2.93. The number of hydrogen-bond acceptors (Lipinski definition) is 14. The fourth-order valence-corrected chi connectivity index (χ4v) is 6.09. The molecule has 4 rings (SSSR count). The summed E-state index contributed by atoms with van der Waals surface area (Å²) in [5, 5.41) is 20.7. The van der Waals surface area contributed by atoms with Crippen LogP contribution in [-0.4, -0.2) is 99.8 Å². The molecular formula is C37H48ClN6O11S+. The van der Waals surface area contributed by atoms with E-state index in [9.17, 15) is 29.1 Å². The molecule has 1 aliphatic heterocycles. The van der Waals surface area contributed by atoms with Gasteiger partial charge in [0.05, 0.1) is 25.2 Å². The summed E-state index contributed by atoms with van der Waals surface area (Å²) >= 11 is 7.02. The van der Waals surface area contributed by atoms with Crippen LogP contribution in [0, 0.1) is 5.92 Å². The minimum absolute atomic E-state index is 0.117. The molecule has 0 aliphatic carbocycles. The van der Waals surface area contributed by atoms with E-state index < -0.39 is 64.7 Å². The summed E-state index contributed by atoms with van der Waals surface area (Å²) in [7, 11) is 1.91. The van der Waals surface area contributed by atoms with Crippen molar-refractivity contribution < 1.29 is 57.4 Å². The second-order valence-electron chi connectivity index (χ2n) is 15.9. The number of rotatable bonds is 13. The van der Waals surface area contributed by atoms with Crippen molar-refractivity contribution in [3.63, 3.8) is 0 Å². The van der Waals surface area contributed by atoms with E-state index in [1.165, 1.54) is 0 Å². The van der Waals surface area contributed by atoms with Crippen molar-refractivity contribution in [2.24, 2.45) is 18.1 Å². The van der Waals surface area contributed by atoms with Crippen LogP contribution in [0.4, 0.5) is 20.5 Å². The average molecular weight is 820 g/mol. The fourth-order valence-electron chi connectivity index (χ4n) is 5.06. The topological polar surface area (TPSA) is 208 Å².